The fourth-order valence-electron chi connectivity index (χ4n) is 5.62. The highest BCUT2D eigenvalue weighted by Crippen LogP contribution is 2.48. The minimum atomic E-state index is -0.702. The molecule has 0 aromatic heterocycles. The second-order valence-corrected chi connectivity index (χ2v) is 9.00. The molecular weight excluding hydrogens is 368 g/mol. The number of amides is 2. The molecule has 3 fully saturated rings. The number of β-lactam (4-membered cyclic amide) rings is 1. The number of carbonyl (C=O) groups is 2. The number of nitrogens with zero attached hydrogens (tertiary/aromatic N) is 1. The van der Waals surface area contributed by atoms with Gasteiger partial charge in [0.1, 0.15) is 5.54 Å². The van der Waals surface area contributed by atoms with Gasteiger partial charge in [-0.3, -0.25) is 9.59 Å². The molecule has 2 saturated carbocycles. The van der Waals surface area contributed by atoms with Crippen LogP contribution in [-0.2, 0) is 9.59 Å². The average molecular weight is 399 g/mol. The molecular formula is C23H30N2O4. The number of fused-ring (bicyclic) bond motifs is 1. The Kier molecular flexibility index (Phi) is 4.88. The third-order valence-electron chi connectivity index (χ3n) is 7.23. The van der Waals surface area contributed by atoms with Crippen molar-refractivity contribution in [3.63, 3.8) is 0 Å². The van der Waals surface area contributed by atoms with E-state index < -0.39 is 5.54 Å². The second kappa shape index (κ2) is 7.54. The maximum Gasteiger partial charge on any atom is 0.246 e. The summed E-state index contributed by atoms with van der Waals surface area (Å²) in [4.78, 5) is 28.3. The SMILES string of the molecule is O=C1CC(c2ccc3c(c2)OCO3)N1C1(C(=O)NC2CCCCC2)CCCCC1. The van der Waals surface area contributed by atoms with Crippen LogP contribution in [0.15, 0.2) is 18.2 Å². The topological polar surface area (TPSA) is 67.9 Å². The first-order valence-electron chi connectivity index (χ1n) is 11.2. The summed E-state index contributed by atoms with van der Waals surface area (Å²) in [5.41, 5.74) is 0.329. The Labute approximate surface area is 171 Å². The first-order valence-corrected chi connectivity index (χ1v) is 11.2. The van der Waals surface area contributed by atoms with Crippen LogP contribution in [0.25, 0.3) is 0 Å². The van der Waals surface area contributed by atoms with Gasteiger partial charge in [0.15, 0.2) is 11.5 Å². The standard InChI is InChI=1S/C23H30N2O4/c26-21-14-18(16-9-10-19-20(13-16)29-15-28-19)25(21)23(11-5-2-6-12-23)22(27)24-17-7-3-1-4-8-17/h9-10,13,17-18H,1-8,11-12,14-15H2,(H,24,27). The van der Waals surface area contributed by atoms with Gasteiger partial charge in [0.25, 0.3) is 0 Å². The normalized spacial score (nSPS) is 26.1. The molecule has 1 aromatic rings. The van der Waals surface area contributed by atoms with Gasteiger partial charge in [-0.25, -0.2) is 0 Å². The van der Waals surface area contributed by atoms with Crippen LogP contribution in [0.3, 0.4) is 0 Å². The lowest BCUT2D eigenvalue weighted by Gasteiger charge is -2.54. The first-order chi connectivity index (χ1) is 14.2. The van der Waals surface area contributed by atoms with E-state index in [-0.39, 0.29) is 30.7 Å². The van der Waals surface area contributed by atoms with Crippen LogP contribution < -0.4 is 14.8 Å². The van der Waals surface area contributed by atoms with Crippen LogP contribution in [0.5, 0.6) is 11.5 Å². The molecule has 1 aromatic carbocycles. The van der Waals surface area contributed by atoms with E-state index >= 15 is 0 Å². The van der Waals surface area contributed by atoms with Gasteiger partial charge in [0.05, 0.1) is 12.5 Å². The number of rotatable bonds is 4. The van der Waals surface area contributed by atoms with E-state index in [0.717, 1.165) is 62.0 Å². The van der Waals surface area contributed by atoms with Gasteiger partial charge in [0, 0.05) is 6.04 Å². The number of hydrogen-bond donors (Lipinski definition) is 1. The van der Waals surface area contributed by atoms with E-state index in [2.05, 4.69) is 5.32 Å². The molecule has 0 radical (unpaired) electrons. The Morgan fingerprint density at radius 3 is 2.48 bits per heavy atom. The highest BCUT2D eigenvalue weighted by atomic mass is 16.7. The van der Waals surface area contributed by atoms with Crippen molar-refractivity contribution >= 4 is 11.8 Å². The van der Waals surface area contributed by atoms with Gasteiger partial charge in [-0.2, -0.15) is 0 Å². The van der Waals surface area contributed by atoms with Crippen molar-refractivity contribution < 1.29 is 19.1 Å². The van der Waals surface area contributed by atoms with E-state index in [1.54, 1.807) is 0 Å². The Bertz CT molecular complexity index is 796. The minimum absolute atomic E-state index is 0.0628. The number of nitrogens with one attached hydrogen (secondary N) is 1. The van der Waals surface area contributed by atoms with Crippen molar-refractivity contribution in [2.75, 3.05) is 6.79 Å². The van der Waals surface area contributed by atoms with E-state index in [1.807, 2.05) is 23.1 Å². The number of benzene rings is 1. The fraction of sp³-hybridized carbons (Fsp3) is 0.652. The molecule has 156 valence electrons. The Morgan fingerprint density at radius 2 is 1.72 bits per heavy atom. The van der Waals surface area contributed by atoms with Crippen LogP contribution in [0.2, 0.25) is 0 Å². The number of carbonyl (C=O) groups excluding carboxylic acids is 2. The van der Waals surface area contributed by atoms with Crippen LogP contribution in [0.4, 0.5) is 0 Å². The molecule has 6 nitrogen and oxygen atoms in total. The predicted molar refractivity (Wildman–Crippen MR) is 108 cm³/mol. The zero-order chi connectivity index (χ0) is 19.8. The third kappa shape index (κ3) is 3.26. The summed E-state index contributed by atoms with van der Waals surface area (Å²) in [6, 6.07) is 6.09. The first kappa shape index (κ1) is 18.8. The van der Waals surface area contributed by atoms with Gasteiger partial charge in [0.2, 0.25) is 18.6 Å². The fourth-order valence-corrected chi connectivity index (χ4v) is 5.62. The maximum absolute atomic E-state index is 13.6. The molecule has 2 aliphatic heterocycles. The van der Waals surface area contributed by atoms with Gasteiger partial charge >= 0.3 is 0 Å². The average Bonchev–Trinajstić information content (AvgIpc) is 3.21. The monoisotopic (exact) mass is 398 g/mol. The zero-order valence-corrected chi connectivity index (χ0v) is 17.0. The maximum atomic E-state index is 13.6. The lowest BCUT2D eigenvalue weighted by Crippen LogP contribution is -2.67. The third-order valence-corrected chi connectivity index (χ3v) is 7.23. The van der Waals surface area contributed by atoms with Gasteiger partial charge < -0.3 is 19.7 Å². The molecule has 0 spiro atoms. The summed E-state index contributed by atoms with van der Waals surface area (Å²) in [6.07, 6.45) is 10.8. The smallest absolute Gasteiger partial charge is 0.246 e. The summed E-state index contributed by atoms with van der Waals surface area (Å²) in [6.45, 7) is 0.236. The molecule has 5 rings (SSSR count). The van der Waals surface area contributed by atoms with E-state index in [9.17, 15) is 9.59 Å². The zero-order valence-electron chi connectivity index (χ0n) is 17.0. The summed E-state index contributed by atoms with van der Waals surface area (Å²) in [5, 5.41) is 3.34. The molecule has 6 heteroatoms. The van der Waals surface area contributed by atoms with Crippen LogP contribution in [0.1, 0.15) is 82.2 Å². The summed E-state index contributed by atoms with van der Waals surface area (Å²) < 4.78 is 11.0. The van der Waals surface area contributed by atoms with E-state index in [0.29, 0.717) is 6.42 Å². The van der Waals surface area contributed by atoms with Crippen LogP contribution in [-0.4, -0.2) is 35.1 Å². The molecule has 4 aliphatic rings. The molecule has 2 heterocycles. The predicted octanol–water partition coefficient (Wildman–Crippen LogP) is 3.84. The summed E-state index contributed by atoms with van der Waals surface area (Å²) in [5.74, 6) is 1.63. The quantitative estimate of drug-likeness (QED) is 0.783. The van der Waals surface area contributed by atoms with Crippen LogP contribution in [0, 0.1) is 0 Å². The van der Waals surface area contributed by atoms with E-state index in [1.165, 1.54) is 19.3 Å². The number of hydrogen-bond acceptors (Lipinski definition) is 4. The molecule has 1 unspecified atom stereocenters. The van der Waals surface area contributed by atoms with Crippen molar-refractivity contribution in [3.8, 4) is 11.5 Å². The van der Waals surface area contributed by atoms with Crippen molar-refractivity contribution in [3.05, 3.63) is 23.8 Å². The molecule has 2 aliphatic carbocycles. The second-order valence-electron chi connectivity index (χ2n) is 9.00. The van der Waals surface area contributed by atoms with Gasteiger partial charge in [-0.05, 0) is 43.4 Å². The lowest BCUT2D eigenvalue weighted by atomic mass is 9.74. The number of likely N-dealkylation sites (tertiary alicyclic amines) is 1. The van der Waals surface area contributed by atoms with Crippen molar-refractivity contribution in [2.45, 2.75) is 88.3 Å². The Balaban J connectivity index is 1.41. The molecule has 29 heavy (non-hydrogen) atoms. The Hall–Kier alpha value is -2.24. The highest BCUT2D eigenvalue weighted by molar-refractivity contribution is 5.95. The van der Waals surface area contributed by atoms with Crippen molar-refractivity contribution in [1.82, 2.24) is 10.2 Å². The van der Waals surface area contributed by atoms with Gasteiger partial charge in [-0.1, -0.05) is 44.6 Å². The largest absolute Gasteiger partial charge is 0.454 e. The summed E-state index contributed by atoms with van der Waals surface area (Å²) >= 11 is 0. The van der Waals surface area contributed by atoms with E-state index in [4.69, 9.17) is 9.47 Å². The molecule has 2 amide bonds. The highest BCUT2D eigenvalue weighted by Gasteiger charge is 2.55. The summed E-state index contributed by atoms with van der Waals surface area (Å²) in [7, 11) is 0. The lowest BCUT2D eigenvalue weighted by molar-refractivity contribution is -0.168. The van der Waals surface area contributed by atoms with Crippen molar-refractivity contribution in [2.24, 2.45) is 0 Å². The molecule has 1 N–H and O–H groups in total. The van der Waals surface area contributed by atoms with Gasteiger partial charge in [-0.15, -0.1) is 0 Å². The number of ether oxygens (including phenoxy) is 2. The van der Waals surface area contributed by atoms with Crippen LogP contribution >= 0.6 is 0 Å². The van der Waals surface area contributed by atoms with Crippen molar-refractivity contribution in [1.29, 1.82) is 0 Å². The molecule has 1 atom stereocenters. The minimum Gasteiger partial charge on any atom is -0.454 e. The molecule has 0 bridgehead atoms. The molecule has 1 saturated heterocycles. The Morgan fingerprint density at radius 1 is 1.00 bits per heavy atom.